The van der Waals surface area contributed by atoms with E-state index in [0.717, 1.165) is 45.6 Å². The molecule has 7 heteroatoms. The number of amides is 1. The SMILES string of the molecule is CC(=O)c1ccn(C(=O)N2CCC3(CCN(Cc4cc(N5CCCC5)ccc4C)C3)CC2)n1. The molecular weight excluding hydrogens is 414 g/mol. The number of anilines is 1. The van der Waals surface area contributed by atoms with Gasteiger partial charge in [-0.15, -0.1) is 0 Å². The average Bonchev–Trinajstić information content (AvgIpc) is 3.57. The lowest BCUT2D eigenvalue weighted by Gasteiger charge is -2.39. The number of piperidine rings is 1. The predicted octanol–water partition coefficient (Wildman–Crippen LogP) is 3.95. The fourth-order valence-electron chi connectivity index (χ4n) is 5.75. The van der Waals surface area contributed by atoms with Crippen molar-refractivity contribution in [3.05, 3.63) is 47.3 Å². The Kier molecular flexibility index (Phi) is 5.99. The fraction of sp³-hybridized carbons (Fsp3) is 0.577. The third-order valence-electron chi connectivity index (χ3n) is 7.96. The third-order valence-corrected chi connectivity index (χ3v) is 7.96. The molecule has 4 heterocycles. The van der Waals surface area contributed by atoms with Crippen LogP contribution < -0.4 is 4.90 Å². The van der Waals surface area contributed by atoms with Crippen LogP contribution in [0.1, 0.15) is 60.6 Å². The number of Topliss-reactive ketones (excluding diaryl/α,β-unsaturated/α-hetero) is 1. The zero-order valence-corrected chi connectivity index (χ0v) is 19.9. The van der Waals surface area contributed by atoms with E-state index in [2.05, 4.69) is 40.0 Å². The molecule has 1 spiro atoms. The number of ketones is 1. The van der Waals surface area contributed by atoms with E-state index < -0.39 is 0 Å². The van der Waals surface area contributed by atoms with E-state index >= 15 is 0 Å². The van der Waals surface area contributed by atoms with Crippen LogP contribution in [0, 0.1) is 12.3 Å². The molecule has 0 aliphatic carbocycles. The maximum absolute atomic E-state index is 12.8. The Labute approximate surface area is 196 Å². The molecule has 0 bridgehead atoms. The number of nitrogens with zero attached hydrogens (tertiary/aromatic N) is 5. The molecule has 1 aromatic carbocycles. The maximum atomic E-state index is 12.8. The molecule has 0 saturated carbocycles. The molecule has 176 valence electrons. The van der Waals surface area contributed by atoms with Crippen LogP contribution >= 0.6 is 0 Å². The maximum Gasteiger partial charge on any atom is 0.344 e. The molecule has 5 rings (SSSR count). The third kappa shape index (κ3) is 4.56. The Balaban J connectivity index is 1.18. The lowest BCUT2D eigenvalue weighted by atomic mass is 9.78. The zero-order chi connectivity index (χ0) is 23.0. The smallest absolute Gasteiger partial charge is 0.344 e. The number of aromatic nitrogens is 2. The highest BCUT2D eigenvalue weighted by atomic mass is 16.2. The average molecular weight is 450 g/mol. The lowest BCUT2D eigenvalue weighted by Crippen LogP contribution is -2.45. The van der Waals surface area contributed by atoms with Crippen molar-refractivity contribution in [1.29, 1.82) is 0 Å². The first-order valence-corrected chi connectivity index (χ1v) is 12.4. The molecular formula is C26H35N5O2. The molecule has 0 unspecified atom stereocenters. The summed E-state index contributed by atoms with van der Waals surface area (Å²) in [5.41, 5.74) is 4.85. The van der Waals surface area contributed by atoms with Gasteiger partial charge in [0.2, 0.25) is 0 Å². The Hall–Kier alpha value is -2.67. The van der Waals surface area contributed by atoms with Crippen molar-refractivity contribution >= 4 is 17.5 Å². The summed E-state index contributed by atoms with van der Waals surface area (Å²) in [6.07, 6.45) is 7.46. The number of aryl methyl sites for hydroxylation is 1. The van der Waals surface area contributed by atoms with Gasteiger partial charge in [-0.25, -0.2) is 4.79 Å². The molecule has 33 heavy (non-hydrogen) atoms. The van der Waals surface area contributed by atoms with Crippen molar-refractivity contribution in [2.75, 3.05) is 44.2 Å². The first-order chi connectivity index (χ1) is 15.9. The summed E-state index contributed by atoms with van der Waals surface area (Å²) in [6.45, 7) is 10.8. The summed E-state index contributed by atoms with van der Waals surface area (Å²) < 4.78 is 1.31. The van der Waals surface area contributed by atoms with E-state index in [4.69, 9.17) is 0 Å². The molecule has 3 saturated heterocycles. The molecule has 0 N–H and O–H groups in total. The molecule has 1 aromatic heterocycles. The summed E-state index contributed by atoms with van der Waals surface area (Å²) in [5.74, 6) is -0.119. The standard InChI is InChI=1S/C26H35N5O2/c1-20-5-6-23(29-11-3-4-12-29)17-22(20)18-28-14-8-26(19-28)9-15-30(16-10-26)25(33)31-13-7-24(27-31)21(2)32/h5-7,13,17H,3-4,8-12,14-16,18-19H2,1-2H3. The van der Waals surface area contributed by atoms with E-state index in [9.17, 15) is 9.59 Å². The van der Waals surface area contributed by atoms with Crippen LogP contribution in [0.15, 0.2) is 30.5 Å². The minimum atomic E-state index is -0.124. The Bertz CT molecular complexity index is 1030. The van der Waals surface area contributed by atoms with E-state index in [0.29, 0.717) is 11.1 Å². The van der Waals surface area contributed by atoms with Crippen LogP contribution in [0.3, 0.4) is 0 Å². The Morgan fingerprint density at radius 1 is 1.00 bits per heavy atom. The second kappa shape index (κ2) is 8.93. The first-order valence-electron chi connectivity index (χ1n) is 12.4. The van der Waals surface area contributed by atoms with Gasteiger partial charge in [-0.05, 0) is 80.3 Å². The number of hydrogen-bond acceptors (Lipinski definition) is 5. The van der Waals surface area contributed by atoms with E-state index in [1.54, 1.807) is 12.3 Å². The van der Waals surface area contributed by atoms with Crippen molar-refractivity contribution in [3.63, 3.8) is 0 Å². The van der Waals surface area contributed by atoms with Gasteiger partial charge in [-0.1, -0.05) is 6.07 Å². The number of rotatable bonds is 4. The minimum absolute atomic E-state index is 0.119. The number of likely N-dealkylation sites (tertiary alicyclic amines) is 2. The quantitative estimate of drug-likeness (QED) is 0.662. The van der Waals surface area contributed by atoms with Crippen molar-refractivity contribution in [3.8, 4) is 0 Å². The van der Waals surface area contributed by atoms with Crippen molar-refractivity contribution in [2.45, 2.75) is 52.5 Å². The molecule has 3 aliphatic rings. The zero-order valence-electron chi connectivity index (χ0n) is 19.9. The summed E-state index contributed by atoms with van der Waals surface area (Å²) >= 11 is 0. The molecule has 3 aliphatic heterocycles. The largest absolute Gasteiger partial charge is 0.372 e. The van der Waals surface area contributed by atoms with Crippen molar-refractivity contribution in [1.82, 2.24) is 19.6 Å². The second-order valence-electron chi connectivity index (χ2n) is 10.2. The van der Waals surface area contributed by atoms with Crippen molar-refractivity contribution < 1.29 is 9.59 Å². The lowest BCUT2D eigenvalue weighted by molar-refractivity contribution is 0.101. The predicted molar refractivity (Wildman–Crippen MR) is 129 cm³/mol. The Morgan fingerprint density at radius 3 is 2.42 bits per heavy atom. The van der Waals surface area contributed by atoms with Gasteiger partial charge in [0.15, 0.2) is 5.78 Å². The molecule has 0 atom stereocenters. The monoisotopic (exact) mass is 449 g/mol. The summed E-state index contributed by atoms with van der Waals surface area (Å²) in [7, 11) is 0. The van der Waals surface area contributed by atoms with Gasteiger partial charge in [-0.2, -0.15) is 9.78 Å². The summed E-state index contributed by atoms with van der Waals surface area (Å²) in [5, 5.41) is 4.14. The normalized spacial score (nSPS) is 20.7. The van der Waals surface area contributed by atoms with Gasteiger partial charge in [0.05, 0.1) is 0 Å². The number of benzene rings is 1. The number of carbonyl (C=O) groups is 2. The van der Waals surface area contributed by atoms with Crippen LogP contribution in [0.25, 0.3) is 0 Å². The first kappa shape index (κ1) is 22.1. The van der Waals surface area contributed by atoms with Crippen molar-refractivity contribution in [2.24, 2.45) is 5.41 Å². The fourth-order valence-corrected chi connectivity index (χ4v) is 5.75. The molecule has 2 aromatic rings. The van der Waals surface area contributed by atoms with Gasteiger partial charge in [-0.3, -0.25) is 9.69 Å². The number of hydrogen-bond donors (Lipinski definition) is 0. The molecule has 7 nitrogen and oxygen atoms in total. The van der Waals surface area contributed by atoms with Crippen LogP contribution in [-0.2, 0) is 6.54 Å². The minimum Gasteiger partial charge on any atom is -0.372 e. The van der Waals surface area contributed by atoms with Gasteiger partial charge >= 0.3 is 6.03 Å². The summed E-state index contributed by atoms with van der Waals surface area (Å²) in [4.78, 5) is 31.3. The molecule has 0 radical (unpaired) electrons. The second-order valence-corrected chi connectivity index (χ2v) is 10.2. The van der Waals surface area contributed by atoms with Crippen LogP contribution in [0.5, 0.6) is 0 Å². The Morgan fingerprint density at radius 2 is 1.73 bits per heavy atom. The van der Waals surface area contributed by atoms with Gasteiger partial charge < -0.3 is 9.80 Å². The number of carbonyl (C=O) groups excluding carboxylic acids is 2. The van der Waals surface area contributed by atoms with E-state index in [1.807, 2.05) is 4.90 Å². The van der Waals surface area contributed by atoms with Crippen LogP contribution in [0.4, 0.5) is 10.5 Å². The topological polar surface area (TPSA) is 61.7 Å². The molecule has 1 amide bonds. The van der Waals surface area contributed by atoms with Crippen LogP contribution in [-0.4, -0.2) is 70.7 Å². The highest BCUT2D eigenvalue weighted by molar-refractivity contribution is 5.92. The van der Waals surface area contributed by atoms with Gasteiger partial charge in [0.1, 0.15) is 5.69 Å². The summed E-state index contributed by atoms with van der Waals surface area (Å²) in [6, 6.07) is 8.46. The van der Waals surface area contributed by atoms with Gasteiger partial charge in [0, 0.05) is 58.1 Å². The van der Waals surface area contributed by atoms with Gasteiger partial charge in [0.25, 0.3) is 0 Å². The van der Waals surface area contributed by atoms with Crippen LogP contribution in [0.2, 0.25) is 0 Å². The highest BCUT2D eigenvalue weighted by Gasteiger charge is 2.41. The van der Waals surface area contributed by atoms with E-state index in [1.165, 1.54) is 60.8 Å². The van der Waals surface area contributed by atoms with E-state index in [-0.39, 0.29) is 11.8 Å². The highest BCUT2D eigenvalue weighted by Crippen LogP contribution is 2.41. The molecule has 3 fully saturated rings.